The van der Waals surface area contributed by atoms with Crippen molar-refractivity contribution in [3.63, 3.8) is 0 Å². The SMILES string of the molecule is O=C(O)C=Cc1ccc(NC(=O)C2CC2)cc1. The molecular weight excluding hydrogens is 218 g/mol. The molecular formula is C13H13NO3. The highest BCUT2D eigenvalue weighted by Gasteiger charge is 2.29. The van der Waals surface area contributed by atoms with Gasteiger partial charge in [-0.2, -0.15) is 0 Å². The lowest BCUT2D eigenvalue weighted by Crippen LogP contribution is -2.12. The Kier molecular flexibility index (Phi) is 3.23. The van der Waals surface area contributed by atoms with Gasteiger partial charge in [0.15, 0.2) is 0 Å². The van der Waals surface area contributed by atoms with E-state index in [1.54, 1.807) is 24.3 Å². The highest BCUT2D eigenvalue weighted by molar-refractivity contribution is 5.94. The Balaban J connectivity index is 1.97. The molecule has 0 aromatic heterocycles. The smallest absolute Gasteiger partial charge is 0.328 e. The van der Waals surface area contributed by atoms with Gasteiger partial charge >= 0.3 is 5.97 Å². The summed E-state index contributed by atoms with van der Waals surface area (Å²) in [5.74, 6) is -0.725. The largest absolute Gasteiger partial charge is 0.478 e. The van der Waals surface area contributed by atoms with Crippen LogP contribution in [-0.2, 0) is 9.59 Å². The van der Waals surface area contributed by atoms with Gasteiger partial charge in [-0.15, -0.1) is 0 Å². The number of carboxylic acids is 1. The second-order valence-corrected chi connectivity index (χ2v) is 4.06. The van der Waals surface area contributed by atoms with Crippen LogP contribution in [0, 0.1) is 5.92 Å². The topological polar surface area (TPSA) is 66.4 Å². The molecule has 0 spiro atoms. The van der Waals surface area contributed by atoms with E-state index in [4.69, 9.17) is 5.11 Å². The molecule has 2 N–H and O–H groups in total. The molecule has 88 valence electrons. The van der Waals surface area contributed by atoms with Crippen LogP contribution in [0.3, 0.4) is 0 Å². The minimum absolute atomic E-state index is 0.0684. The fourth-order valence-electron chi connectivity index (χ4n) is 1.43. The number of carboxylic acid groups (broad SMARTS) is 1. The molecule has 0 unspecified atom stereocenters. The van der Waals surface area contributed by atoms with E-state index in [2.05, 4.69) is 5.32 Å². The third-order valence-corrected chi connectivity index (χ3v) is 2.54. The van der Waals surface area contributed by atoms with Crippen molar-refractivity contribution in [3.05, 3.63) is 35.9 Å². The van der Waals surface area contributed by atoms with Crippen LogP contribution < -0.4 is 5.32 Å². The van der Waals surface area contributed by atoms with E-state index in [0.717, 1.165) is 30.2 Å². The van der Waals surface area contributed by atoms with Crippen molar-refractivity contribution >= 4 is 23.6 Å². The summed E-state index contributed by atoms with van der Waals surface area (Å²) in [6, 6.07) is 7.06. The summed E-state index contributed by atoms with van der Waals surface area (Å²) in [5, 5.41) is 11.3. The highest BCUT2D eigenvalue weighted by atomic mass is 16.4. The van der Waals surface area contributed by atoms with E-state index in [-0.39, 0.29) is 11.8 Å². The van der Waals surface area contributed by atoms with Gasteiger partial charge in [0.2, 0.25) is 5.91 Å². The predicted octanol–water partition coefficient (Wildman–Crippen LogP) is 2.13. The number of carbonyl (C=O) groups excluding carboxylic acids is 1. The first kappa shape index (κ1) is 11.4. The molecule has 0 radical (unpaired) electrons. The zero-order valence-corrected chi connectivity index (χ0v) is 9.22. The zero-order valence-electron chi connectivity index (χ0n) is 9.22. The normalized spacial score (nSPS) is 14.8. The number of hydrogen-bond donors (Lipinski definition) is 2. The molecule has 17 heavy (non-hydrogen) atoms. The average molecular weight is 231 g/mol. The number of rotatable bonds is 4. The first-order valence-corrected chi connectivity index (χ1v) is 5.47. The second-order valence-electron chi connectivity index (χ2n) is 4.06. The summed E-state index contributed by atoms with van der Waals surface area (Å²) in [6.07, 6.45) is 4.54. The average Bonchev–Trinajstić information content (AvgIpc) is 3.12. The summed E-state index contributed by atoms with van der Waals surface area (Å²) >= 11 is 0. The molecule has 1 aliphatic rings. The zero-order chi connectivity index (χ0) is 12.3. The van der Waals surface area contributed by atoms with Gasteiger partial charge in [0, 0.05) is 17.7 Å². The summed E-state index contributed by atoms with van der Waals surface area (Å²) in [7, 11) is 0. The molecule has 1 aromatic carbocycles. The van der Waals surface area contributed by atoms with Crippen LogP contribution in [0.1, 0.15) is 18.4 Å². The van der Waals surface area contributed by atoms with Crippen molar-refractivity contribution in [3.8, 4) is 0 Å². The molecule has 4 heteroatoms. The lowest BCUT2D eigenvalue weighted by atomic mass is 10.2. The Morgan fingerprint density at radius 3 is 2.41 bits per heavy atom. The van der Waals surface area contributed by atoms with E-state index in [0.29, 0.717) is 0 Å². The number of hydrogen-bond acceptors (Lipinski definition) is 2. The van der Waals surface area contributed by atoms with Crippen LogP contribution in [0.25, 0.3) is 6.08 Å². The Morgan fingerprint density at radius 1 is 1.24 bits per heavy atom. The lowest BCUT2D eigenvalue weighted by Gasteiger charge is -2.03. The number of amides is 1. The molecule has 2 rings (SSSR count). The van der Waals surface area contributed by atoms with E-state index < -0.39 is 5.97 Å². The minimum Gasteiger partial charge on any atom is -0.478 e. The van der Waals surface area contributed by atoms with Crippen molar-refractivity contribution in [2.24, 2.45) is 5.92 Å². The highest BCUT2D eigenvalue weighted by Crippen LogP contribution is 2.30. The van der Waals surface area contributed by atoms with E-state index in [1.165, 1.54) is 6.08 Å². The molecule has 0 saturated heterocycles. The van der Waals surface area contributed by atoms with Crippen LogP contribution in [0.4, 0.5) is 5.69 Å². The van der Waals surface area contributed by atoms with Crippen LogP contribution in [0.5, 0.6) is 0 Å². The lowest BCUT2D eigenvalue weighted by molar-refractivity contribution is -0.131. The van der Waals surface area contributed by atoms with Gasteiger partial charge in [0.05, 0.1) is 0 Å². The van der Waals surface area contributed by atoms with Gasteiger partial charge in [-0.25, -0.2) is 4.79 Å². The second kappa shape index (κ2) is 4.82. The maximum absolute atomic E-state index is 11.5. The summed E-state index contributed by atoms with van der Waals surface area (Å²) in [5.41, 5.74) is 1.53. The van der Waals surface area contributed by atoms with Crippen LogP contribution in [0.15, 0.2) is 30.3 Å². The number of nitrogens with one attached hydrogen (secondary N) is 1. The fraction of sp³-hybridized carbons (Fsp3) is 0.231. The third-order valence-electron chi connectivity index (χ3n) is 2.54. The minimum atomic E-state index is -0.976. The van der Waals surface area contributed by atoms with Crippen molar-refractivity contribution < 1.29 is 14.7 Å². The maximum atomic E-state index is 11.5. The van der Waals surface area contributed by atoms with Gasteiger partial charge in [-0.05, 0) is 36.6 Å². The number of aliphatic carboxylic acids is 1. The van der Waals surface area contributed by atoms with Crippen LogP contribution >= 0.6 is 0 Å². The molecule has 1 aliphatic carbocycles. The van der Waals surface area contributed by atoms with E-state index in [9.17, 15) is 9.59 Å². The quantitative estimate of drug-likeness (QED) is 0.780. The van der Waals surface area contributed by atoms with Gasteiger partial charge in [0.1, 0.15) is 0 Å². The third kappa shape index (κ3) is 3.45. The van der Waals surface area contributed by atoms with Gasteiger partial charge < -0.3 is 10.4 Å². The summed E-state index contributed by atoms with van der Waals surface area (Å²) in [6.45, 7) is 0. The Labute approximate surface area is 99.0 Å². The Hall–Kier alpha value is -2.10. The monoisotopic (exact) mass is 231 g/mol. The molecule has 1 fully saturated rings. The van der Waals surface area contributed by atoms with Crippen LogP contribution in [-0.4, -0.2) is 17.0 Å². The molecule has 1 aromatic rings. The maximum Gasteiger partial charge on any atom is 0.328 e. The van der Waals surface area contributed by atoms with E-state index in [1.807, 2.05) is 0 Å². The van der Waals surface area contributed by atoms with Crippen LogP contribution in [0.2, 0.25) is 0 Å². The number of benzene rings is 1. The standard InChI is InChI=1S/C13H13NO3/c15-12(16)8-3-9-1-6-11(7-2-9)14-13(17)10-4-5-10/h1-3,6-8,10H,4-5H2,(H,14,17)(H,15,16). The molecule has 1 saturated carbocycles. The van der Waals surface area contributed by atoms with E-state index >= 15 is 0 Å². The fourth-order valence-corrected chi connectivity index (χ4v) is 1.43. The Morgan fingerprint density at radius 2 is 1.88 bits per heavy atom. The van der Waals surface area contributed by atoms with Gasteiger partial charge in [-0.3, -0.25) is 4.79 Å². The van der Waals surface area contributed by atoms with Crippen molar-refractivity contribution in [2.45, 2.75) is 12.8 Å². The number of carbonyl (C=O) groups is 2. The summed E-state index contributed by atoms with van der Waals surface area (Å²) < 4.78 is 0. The first-order valence-electron chi connectivity index (χ1n) is 5.47. The first-order chi connectivity index (χ1) is 8.15. The molecule has 0 bridgehead atoms. The van der Waals surface area contributed by atoms with Crippen molar-refractivity contribution in [2.75, 3.05) is 5.32 Å². The van der Waals surface area contributed by atoms with Gasteiger partial charge in [0.25, 0.3) is 0 Å². The molecule has 0 heterocycles. The molecule has 4 nitrogen and oxygen atoms in total. The molecule has 0 atom stereocenters. The molecule has 1 amide bonds. The Bertz CT molecular complexity index is 458. The van der Waals surface area contributed by atoms with Crippen molar-refractivity contribution in [1.82, 2.24) is 0 Å². The predicted molar refractivity (Wildman–Crippen MR) is 64.5 cm³/mol. The van der Waals surface area contributed by atoms with Crippen molar-refractivity contribution in [1.29, 1.82) is 0 Å². The molecule has 0 aliphatic heterocycles. The summed E-state index contributed by atoms with van der Waals surface area (Å²) in [4.78, 5) is 21.8. The number of anilines is 1. The van der Waals surface area contributed by atoms with Gasteiger partial charge in [-0.1, -0.05) is 12.1 Å².